The summed E-state index contributed by atoms with van der Waals surface area (Å²) in [5, 5.41) is 0. The molecule has 1 fully saturated rings. The number of nitrogens with zero attached hydrogens (tertiary/aromatic N) is 1. The second-order valence-corrected chi connectivity index (χ2v) is 7.88. The lowest BCUT2D eigenvalue weighted by Gasteiger charge is -2.21. The predicted molar refractivity (Wildman–Crippen MR) is 79.9 cm³/mol. The normalized spacial score (nSPS) is 21.7. The molecule has 2 heterocycles. The van der Waals surface area contributed by atoms with Crippen molar-refractivity contribution in [2.75, 3.05) is 23.2 Å². The van der Waals surface area contributed by atoms with Crippen LogP contribution in [0, 0.1) is 0 Å². The molecule has 8 heteroatoms. The lowest BCUT2D eigenvalue weighted by molar-refractivity contribution is -0.138. The minimum atomic E-state index is -4.47. The molecule has 0 amide bonds. The van der Waals surface area contributed by atoms with Gasteiger partial charge in [0, 0.05) is 13.2 Å². The Bertz CT molecular complexity index is 682. The maximum Gasteiger partial charge on any atom is 0.416 e. The third kappa shape index (κ3) is 3.33. The average Bonchev–Trinajstić information content (AvgIpc) is 3.13. The highest BCUT2D eigenvalue weighted by Gasteiger charge is 2.39. The highest BCUT2D eigenvalue weighted by atomic mass is 32.2. The molecule has 1 saturated heterocycles. The van der Waals surface area contributed by atoms with Crippen LogP contribution in [0.1, 0.15) is 30.4 Å². The van der Waals surface area contributed by atoms with Gasteiger partial charge in [-0.25, -0.2) is 8.42 Å². The van der Waals surface area contributed by atoms with Crippen LogP contribution in [-0.2, 0) is 27.4 Å². The van der Waals surface area contributed by atoms with Crippen molar-refractivity contribution < 1.29 is 26.3 Å². The first-order chi connectivity index (χ1) is 10.8. The summed E-state index contributed by atoms with van der Waals surface area (Å²) in [5.74, 6) is -0.104. The van der Waals surface area contributed by atoms with Gasteiger partial charge in [-0.3, -0.25) is 4.31 Å². The Morgan fingerprint density at radius 3 is 2.74 bits per heavy atom. The second-order valence-electron chi connectivity index (χ2n) is 5.86. The zero-order chi connectivity index (χ0) is 16.7. The zero-order valence-corrected chi connectivity index (χ0v) is 13.3. The average molecular weight is 349 g/mol. The number of hydrogen-bond donors (Lipinski definition) is 0. The van der Waals surface area contributed by atoms with Crippen molar-refractivity contribution in [1.82, 2.24) is 0 Å². The van der Waals surface area contributed by atoms with Crippen LogP contribution in [0.5, 0.6) is 0 Å². The fraction of sp³-hybridized carbons (Fsp3) is 0.600. The summed E-state index contributed by atoms with van der Waals surface area (Å²) < 4.78 is 70.6. The van der Waals surface area contributed by atoms with Gasteiger partial charge in [0.15, 0.2) is 0 Å². The molecule has 2 aliphatic heterocycles. The maximum atomic E-state index is 13.0. The van der Waals surface area contributed by atoms with Gasteiger partial charge in [0.2, 0.25) is 10.0 Å². The Kier molecular flexibility index (Phi) is 4.31. The van der Waals surface area contributed by atoms with E-state index in [0.717, 1.165) is 23.2 Å². The van der Waals surface area contributed by atoms with Crippen LogP contribution in [0.2, 0.25) is 0 Å². The van der Waals surface area contributed by atoms with Crippen molar-refractivity contribution in [3.63, 3.8) is 0 Å². The third-order valence-electron chi connectivity index (χ3n) is 4.35. The Hall–Kier alpha value is -1.28. The first-order valence-corrected chi connectivity index (χ1v) is 9.21. The van der Waals surface area contributed by atoms with Crippen LogP contribution in [0.4, 0.5) is 18.9 Å². The number of halogens is 3. The summed E-state index contributed by atoms with van der Waals surface area (Å²) in [7, 11) is -3.64. The van der Waals surface area contributed by atoms with Gasteiger partial charge < -0.3 is 4.74 Å². The number of sulfonamides is 1. The maximum absolute atomic E-state index is 13.0. The largest absolute Gasteiger partial charge is 0.416 e. The molecule has 0 bridgehead atoms. The van der Waals surface area contributed by atoms with Crippen LogP contribution in [-0.4, -0.2) is 33.4 Å². The molecule has 2 aliphatic rings. The summed E-state index contributed by atoms with van der Waals surface area (Å²) in [6, 6.07) is 3.71. The summed E-state index contributed by atoms with van der Waals surface area (Å²) >= 11 is 0. The zero-order valence-electron chi connectivity index (χ0n) is 12.5. The van der Waals surface area contributed by atoms with Crippen LogP contribution < -0.4 is 4.31 Å². The molecule has 128 valence electrons. The number of anilines is 1. The van der Waals surface area contributed by atoms with Crippen molar-refractivity contribution in [2.45, 2.75) is 38.0 Å². The van der Waals surface area contributed by atoms with Gasteiger partial charge in [-0.2, -0.15) is 13.2 Å². The van der Waals surface area contributed by atoms with E-state index in [-0.39, 0.29) is 36.1 Å². The van der Waals surface area contributed by atoms with Crippen molar-refractivity contribution >= 4 is 15.7 Å². The van der Waals surface area contributed by atoms with E-state index in [1.165, 1.54) is 12.1 Å². The van der Waals surface area contributed by atoms with E-state index in [1.54, 1.807) is 0 Å². The Balaban J connectivity index is 1.81. The van der Waals surface area contributed by atoms with Gasteiger partial charge in [0.1, 0.15) is 0 Å². The Morgan fingerprint density at radius 1 is 1.30 bits per heavy atom. The summed E-state index contributed by atoms with van der Waals surface area (Å²) in [6.07, 6.45) is -2.30. The van der Waals surface area contributed by atoms with Gasteiger partial charge in [-0.15, -0.1) is 0 Å². The molecule has 4 nitrogen and oxygen atoms in total. The summed E-state index contributed by atoms with van der Waals surface area (Å²) in [6.45, 7) is 0.711. The van der Waals surface area contributed by atoms with Crippen LogP contribution >= 0.6 is 0 Å². The molecule has 3 rings (SSSR count). The number of hydrogen-bond acceptors (Lipinski definition) is 3. The number of benzene rings is 1. The molecule has 23 heavy (non-hydrogen) atoms. The van der Waals surface area contributed by atoms with Gasteiger partial charge in [-0.1, -0.05) is 6.07 Å². The monoisotopic (exact) mass is 349 g/mol. The lowest BCUT2D eigenvalue weighted by Crippen LogP contribution is -2.32. The van der Waals surface area contributed by atoms with Crippen LogP contribution in [0.15, 0.2) is 18.2 Å². The minimum absolute atomic E-state index is 0.0617. The van der Waals surface area contributed by atoms with Crippen molar-refractivity contribution in [1.29, 1.82) is 0 Å². The fourth-order valence-electron chi connectivity index (χ4n) is 3.22. The van der Waals surface area contributed by atoms with E-state index in [2.05, 4.69) is 0 Å². The van der Waals surface area contributed by atoms with E-state index >= 15 is 0 Å². The SMILES string of the molecule is O=S(=O)(CC[C@@H]1CCCO1)N1CCc2c1cccc2C(F)(F)F. The third-order valence-corrected chi connectivity index (χ3v) is 6.15. The van der Waals surface area contributed by atoms with Gasteiger partial charge >= 0.3 is 6.18 Å². The van der Waals surface area contributed by atoms with E-state index in [1.807, 2.05) is 0 Å². The molecular formula is C15H18F3NO3S. The van der Waals surface area contributed by atoms with Crippen molar-refractivity contribution in [3.8, 4) is 0 Å². The molecule has 0 N–H and O–H groups in total. The molecule has 1 aromatic rings. The Morgan fingerprint density at radius 2 is 2.09 bits per heavy atom. The predicted octanol–water partition coefficient (Wildman–Crippen LogP) is 2.97. The molecule has 0 saturated carbocycles. The van der Waals surface area contributed by atoms with Gasteiger partial charge in [0.05, 0.1) is 23.1 Å². The van der Waals surface area contributed by atoms with Gasteiger partial charge in [0.25, 0.3) is 0 Å². The first-order valence-electron chi connectivity index (χ1n) is 7.60. The summed E-state index contributed by atoms with van der Waals surface area (Å²) in [5.41, 5.74) is -0.514. The number of ether oxygens (including phenoxy) is 1. The molecule has 0 radical (unpaired) electrons. The number of alkyl halides is 3. The Labute approximate surface area is 133 Å². The van der Waals surface area contributed by atoms with E-state index < -0.39 is 21.8 Å². The fourth-order valence-corrected chi connectivity index (χ4v) is 4.84. The molecule has 1 atom stereocenters. The quantitative estimate of drug-likeness (QED) is 0.840. The highest BCUT2D eigenvalue weighted by Crippen LogP contribution is 2.40. The second kappa shape index (κ2) is 5.98. The molecule has 0 aliphatic carbocycles. The topological polar surface area (TPSA) is 46.6 Å². The smallest absolute Gasteiger partial charge is 0.378 e. The highest BCUT2D eigenvalue weighted by molar-refractivity contribution is 7.92. The number of fused-ring (bicyclic) bond motifs is 1. The standard InChI is InChI=1S/C15H18F3NO3S/c16-15(17,18)13-4-1-5-14-12(13)6-8-19(14)23(20,21)10-7-11-3-2-9-22-11/h1,4-5,11H,2-3,6-10H2/t11-/m0/s1. The van der Waals surface area contributed by atoms with Crippen LogP contribution in [0.3, 0.4) is 0 Å². The first kappa shape index (κ1) is 16.6. The van der Waals surface area contributed by atoms with Gasteiger partial charge in [-0.05, 0) is 43.4 Å². The lowest BCUT2D eigenvalue weighted by atomic mass is 10.0. The van der Waals surface area contributed by atoms with E-state index in [9.17, 15) is 21.6 Å². The van der Waals surface area contributed by atoms with Crippen molar-refractivity contribution in [3.05, 3.63) is 29.3 Å². The molecule has 0 unspecified atom stereocenters. The number of rotatable bonds is 4. The van der Waals surface area contributed by atoms with E-state index in [0.29, 0.717) is 13.0 Å². The van der Waals surface area contributed by atoms with E-state index in [4.69, 9.17) is 4.74 Å². The molecule has 0 spiro atoms. The molecular weight excluding hydrogens is 331 g/mol. The van der Waals surface area contributed by atoms with Crippen LogP contribution in [0.25, 0.3) is 0 Å². The minimum Gasteiger partial charge on any atom is -0.378 e. The summed E-state index contributed by atoms with van der Waals surface area (Å²) in [4.78, 5) is 0. The molecule has 1 aromatic carbocycles. The van der Waals surface area contributed by atoms with Crippen molar-refractivity contribution in [2.24, 2.45) is 0 Å². The molecule has 0 aromatic heterocycles.